The van der Waals surface area contributed by atoms with Crippen molar-refractivity contribution < 1.29 is 10.2 Å². The number of rotatable bonds is 5. The lowest BCUT2D eigenvalue weighted by atomic mass is 9.91. The Balaban J connectivity index is 2.02. The summed E-state index contributed by atoms with van der Waals surface area (Å²) in [5.41, 5.74) is 0. The zero-order valence-corrected chi connectivity index (χ0v) is 11.5. The maximum absolute atomic E-state index is 9.74. The van der Waals surface area contributed by atoms with Crippen LogP contribution in [0.2, 0.25) is 0 Å². The number of aliphatic hydroxyl groups excluding tert-OH is 1. The number of phenolic OH excluding ortho intramolecular Hbond substituents is 1. The van der Waals surface area contributed by atoms with Crippen molar-refractivity contribution in [2.75, 3.05) is 18.1 Å². The molecule has 1 aliphatic rings. The molecule has 20 heavy (non-hydrogen) atoms. The van der Waals surface area contributed by atoms with E-state index in [1.54, 1.807) is 12.1 Å². The zero-order valence-electron chi connectivity index (χ0n) is 11.5. The number of hydrogen-bond acceptors (Lipinski definition) is 4. The molecule has 0 spiro atoms. The topological polar surface area (TPSA) is 56.6 Å². The van der Waals surface area contributed by atoms with Crippen molar-refractivity contribution in [3.8, 4) is 5.75 Å². The second kappa shape index (κ2) is 5.67. The normalized spacial score (nSPS) is 15.2. The Bertz CT molecular complexity index is 596. The molecule has 2 aromatic rings. The lowest BCUT2D eigenvalue weighted by Gasteiger charge is -2.39. The summed E-state index contributed by atoms with van der Waals surface area (Å²) in [5, 5.41) is 20.9. The molecule has 106 valence electrons. The van der Waals surface area contributed by atoms with Gasteiger partial charge in [0.1, 0.15) is 11.6 Å². The molecule has 4 heteroatoms. The van der Waals surface area contributed by atoms with Crippen LogP contribution in [0.1, 0.15) is 25.7 Å². The standard InChI is InChI=1S/C16H20N2O2/c19-10-2-9-18(13-3-1-4-13)16-15-11-14(20)6-5-12(15)7-8-17-16/h5-8,11,13,19-20H,1-4,9-10H2. The van der Waals surface area contributed by atoms with Crippen LogP contribution in [0.3, 0.4) is 0 Å². The predicted molar refractivity (Wildman–Crippen MR) is 80.1 cm³/mol. The maximum Gasteiger partial charge on any atom is 0.136 e. The molecular formula is C16H20N2O2. The Morgan fingerprint density at radius 3 is 2.80 bits per heavy atom. The van der Waals surface area contributed by atoms with Gasteiger partial charge in [0.05, 0.1) is 0 Å². The molecule has 1 heterocycles. The largest absolute Gasteiger partial charge is 0.508 e. The Morgan fingerprint density at radius 2 is 2.10 bits per heavy atom. The van der Waals surface area contributed by atoms with Crippen molar-refractivity contribution in [3.63, 3.8) is 0 Å². The number of nitrogens with zero attached hydrogens (tertiary/aromatic N) is 2. The van der Waals surface area contributed by atoms with Crippen molar-refractivity contribution >= 4 is 16.6 Å². The second-order valence-electron chi connectivity index (χ2n) is 5.40. The van der Waals surface area contributed by atoms with E-state index in [-0.39, 0.29) is 12.4 Å². The van der Waals surface area contributed by atoms with E-state index < -0.39 is 0 Å². The molecule has 0 atom stereocenters. The summed E-state index contributed by atoms with van der Waals surface area (Å²) in [6.45, 7) is 1.00. The molecule has 0 aliphatic heterocycles. The van der Waals surface area contributed by atoms with E-state index in [1.165, 1.54) is 19.3 Å². The number of aromatic hydroxyl groups is 1. The van der Waals surface area contributed by atoms with E-state index in [1.807, 2.05) is 18.3 Å². The van der Waals surface area contributed by atoms with Gasteiger partial charge in [0.25, 0.3) is 0 Å². The SMILES string of the molecule is OCCCN(c1nccc2ccc(O)cc12)C1CCC1. The highest BCUT2D eigenvalue weighted by Gasteiger charge is 2.26. The number of aliphatic hydroxyl groups is 1. The average molecular weight is 272 g/mol. The molecule has 0 saturated heterocycles. The van der Waals surface area contributed by atoms with Crippen LogP contribution < -0.4 is 4.90 Å². The van der Waals surface area contributed by atoms with Gasteiger partial charge < -0.3 is 15.1 Å². The smallest absolute Gasteiger partial charge is 0.136 e. The number of phenols is 1. The average Bonchev–Trinajstić information content (AvgIpc) is 2.40. The van der Waals surface area contributed by atoms with Gasteiger partial charge in [0, 0.05) is 30.8 Å². The van der Waals surface area contributed by atoms with Gasteiger partial charge in [-0.25, -0.2) is 4.98 Å². The first-order valence-electron chi connectivity index (χ1n) is 7.25. The van der Waals surface area contributed by atoms with E-state index in [4.69, 9.17) is 5.11 Å². The summed E-state index contributed by atoms with van der Waals surface area (Å²) in [5.74, 6) is 1.19. The summed E-state index contributed by atoms with van der Waals surface area (Å²) < 4.78 is 0. The lowest BCUT2D eigenvalue weighted by molar-refractivity contribution is 0.282. The van der Waals surface area contributed by atoms with Crippen molar-refractivity contribution in [1.29, 1.82) is 0 Å². The van der Waals surface area contributed by atoms with Crippen LogP contribution in [-0.4, -0.2) is 34.4 Å². The van der Waals surface area contributed by atoms with E-state index in [2.05, 4.69) is 9.88 Å². The molecular weight excluding hydrogens is 252 g/mol. The van der Waals surface area contributed by atoms with E-state index >= 15 is 0 Å². The molecule has 1 aromatic heterocycles. The van der Waals surface area contributed by atoms with E-state index in [0.717, 1.165) is 29.6 Å². The molecule has 0 unspecified atom stereocenters. The van der Waals surface area contributed by atoms with Gasteiger partial charge in [-0.1, -0.05) is 6.07 Å². The third-order valence-corrected chi connectivity index (χ3v) is 4.07. The molecule has 3 rings (SSSR count). The van der Waals surface area contributed by atoms with Crippen LogP contribution in [0.4, 0.5) is 5.82 Å². The Hall–Kier alpha value is -1.81. The molecule has 0 radical (unpaired) electrons. The van der Waals surface area contributed by atoms with Gasteiger partial charge in [-0.2, -0.15) is 0 Å². The van der Waals surface area contributed by atoms with Crippen LogP contribution in [0, 0.1) is 0 Å². The Labute approximate surface area is 118 Å². The first-order valence-corrected chi connectivity index (χ1v) is 7.25. The first-order chi connectivity index (χ1) is 9.79. The number of benzene rings is 1. The van der Waals surface area contributed by atoms with Crippen LogP contribution >= 0.6 is 0 Å². The molecule has 0 amide bonds. The van der Waals surface area contributed by atoms with Crippen molar-refractivity contribution in [2.45, 2.75) is 31.7 Å². The van der Waals surface area contributed by atoms with E-state index in [9.17, 15) is 5.11 Å². The maximum atomic E-state index is 9.74. The Kier molecular flexibility index (Phi) is 3.74. The quantitative estimate of drug-likeness (QED) is 0.878. The number of anilines is 1. The molecule has 4 nitrogen and oxygen atoms in total. The molecule has 1 aromatic carbocycles. The fraction of sp³-hybridized carbons (Fsp3) is 0.438. The third-order valence-electron chi connectivity index (χ3n) is 4.07. The van der Waals surface area contributed by atoms with Gasteiger partial charge in [-0.3, -0.25) is 0 Å². The highest BCUT2D eigenvalue weighted by atomic mass is 16.3. The van der Waals surface area contributed by atoms with Gasteiger partial charge in [-0.05, 0) is 49.3 Å². The van der Waals surface area contributed by atoms with Crippen molar-refractivity contribution in [3.05, 3.63) is 30.5 Å². The third kappa shape index (κ3) is 2.43. The van der Waals surface area contributed by atoms with Gasteiger partial charge in [0.15, 0.2) is 0 Å². The summed E-state index contributed by atoms with van der Waals surface area (Å²) >= 11 is 0. The highest BCUT2D eigenvalue weighted by molar-refractivity contribution is 5.93. The molecule has 0 bridgehead atoms. The van der Waals surface area contributed by atoms with Crippen LogP contribution in [-0.2, 0) is 0 Å². The molecule has 1 saturated carbocycles. The van der Waals surface area contributed by atoms with Crippen LogP contribution in [0.5, 0.6) is 5.75 Å². The highest BCUT2D eigenvalue weighted by Crippen LogP contribution is 2.33. The van der Waals surface area contributed by atoms with Crippen LogP contribution in [0.25, 0.3) is 10.8 Å². The fourth-order valence-electron chi connectivity index (χ4n) is 2.77. The predicted octanol–water partition coefficient (Wildman–Crippen LogP) is 2.68. The summed E-state index contributed by atoms with van der Waals surface area (Å²) in [7, 11) is 0. The monoisotopic (exact) mass is 272 g/mol. The van der Waals surface area contributed by atoms with E-state index in [0.29, 0.717) is 6.04 Å². The van der Waals surface area contributed by atoms with Crippen LogP contribution in [0.15, 0.2) is 30.5 Å². The minimum Gasteiger partial charge on any atom is -0.508 e. The lowest BCUT2D eigenvalue weighted by Crippen LogP contribution is -2.41. The molecule has 2 N–H and O–H groups in total. The van der Waals surface area contributed by atoms with Gasteiger partial charge >= 0.3 is 0 Å². The summed E-state index contributed by atoms with van der Waals surface area (Å²) in [6, 6.07) is 7.88. The number of pyridine rings is 1. The number of fused-ring (bicyclic) bond motifs is 1. The Morgan fingerprint density at radius 1 is 1.25 bits per heavy atom. The van der Waals surface area contributed by atoms with Gasteiger partial charge in [-0.15, -0.1) is 0 Å². The summed E-state index contributed by atoms with van der Waals surface area (Å²) in [6.07, 6.45) is 6.19. The zero-order chi connectivity index (χ0) is 13.9. The number of aromatic nitrogens is 1. The molecule has 1 aliphatic carbocycles. The minimum absolute atomic E-state index is 0.194. The second-order valence-corrected chi connectivity index (χ2v) is 5.40. The van der Waals surface area contributed by atoms with Crippen molar-refractivity contribution in [1.82, 2.24) is 4.98 Å². The molecule has 1 fully saturated rings. The van der Waals surface area contributed by atoms with Gasteiger partial charge in [0.2, 0.25) is 0 Å². The number of hydrogen-bond donors (Lipinski definition) is 2. The van der Waals surface area contributed by atoms with Crippen molar-refractivity contribution in [2.24, 2.45) is 0 Å². The first kappa shape index (κ1) is 13.2. The fourth-order valence-corrected chi connectivity index (χ4v) is 2.77. The minimum atomic E-state index is 0.194. The summed E-state index contributed by atoms with van der Waals surface area (Å²) in [4.78, 5) is 6.83.